The number of halogens is 3. The lowest BCUT2D eigenvalue weighted by Gasteiger charge is -2.32. The number of ether oxygens (including phenoxy) is 1. The zero-order valence-electron chi connectivity index (χ0n) is 19.9. The third-order valence-corrected chi connectivity index (χ3v) is 6.61. The second-order valence-corrected chi connectivity index (χ2v) is 9.54. The Labute approximate surface area is 214 Å². The molecule has 1 aromatic heterocycles. The highest BCUT2D eigenvalue weighted by atomic mass is 32.1. The minimum Gasteiger partial charge on any atom is -0.403 e. The Morgan fingerprint density at radius 2 is 2.00 bits per heavy atom. The average Bonchev–Trinajstić information content (AvgIpc) is 3.27. The normalized spacial score (nSPS) is 20.2. The number of allylic oxidation sites excluding steroid dienone is 3. The van der Waals surface area contributed by atoms with Gasteiger partial charge < -0.3 is 41.2 Å². The van der Waals surface area contributed by atoms with Crippen molar-refractivity contribution in [3.05, 3.63) is 46.5 Å². The van der Waals surface area contributed by atoms with Crippen LogP contribution in [0.5, 0.6) is 0 Å². The molecule has 0 saturated carbocycles. The molecule has 0 bridgehead atoms. The molecular formula is C22H27F3N8O3S. The number of hydrogen-bond acceptors (Lipinski definition) is 10. The lowest BCUT2D eigenvalue weighted by molar-refractivity contribution is -0.304. The van der Waals surface area contributed by atoms with Gasteiger partial charge in [-0.25, -0.2) is 4.98 Å². The Morgan fingerprint density at radius 3 is 2.65 bits per heavy atom. The van der Waals surface area contributed by atoms with Gasteiger partial charge in [0.05, 0.1) is 24.0 Å². The number of carbonyl (C=O) groups is 2. The molecule has 3 aliphatic rings. The van der Waals surface area contributed by atoms with E-state index in [-0.39, 0.29) is 41.2 Å². The van der Waals surface area contributed by atoms with Crippen LogP contribution in [0.3, 0.4) is 0 Å². The Bertz CT molecular complexity index is 1130. The molecule has 37 heavy (non-hydrogen) atoms. The van der Waals surface area contributed by atoms with Gasteiger partial charge in [0.2, 0.25) is 5.91 Å². The molecular weight excluding hydrogens is 513 g/mol. The van der Waals surface area contributed by atoms with E-state index < -0.39 is 18.0 Å². The zero-order chi connectivity index (χ0) is 26.6. The predicted molar refractivity (Wildman–Crippen MR) is 131 cm³/mol. The first kappa shape index (κ1) is 26.6. The highest BCUT2D eigenvalue weighted by Gasteiger charge is 2.35. The van der Waals surface area contributed by atoms with Crippen LogP contribution in [0.15, 0.2) is 40.8 Å². The lowest BCUT2D eigenvalue weighted by Crippen LogP contribution is -2.51. The average molecular weight is 541 g/mol. The Balaban J connectivity index is 1.43. The van der Waals surface area contributed by atoms with Crippen LogP contribution in [0, 0.1) is 5.41 Å². The van der Waals surface area contributed by atoms with Crippen LogP contribution in [0.25, 0.3) is 0 Å². The summed E-state index contributed by atoms with van der Waals surface area (Å²) < 4.78 is 43.0. The molecule has 0 atom stereocenters. The van der Waals surface area contributed by atoms with Crippen LogP contribution < -0.4 is 21.3 Å². The van der Waals surface area contributed by atoms with E-state index in [1.807, 2.05) is 7.05 Å². The second kappa shape index (κ2) is 11.3. The number of nitrogens with zero attached hydrogens (tertiary/aromatic N) is 3. The van der Waals surface area contributed by atoms with Crippen molar-refractivity contribution in [1.82, 2.24) is 30.7 Å². The summed E-state index contributed by atoms with van der Waals surface area (Å²) in [6.07, 6.45) is -1.64. The second-order valence-electron chi connectivity index (χ2n) is 8.68. The first-order valence-corrected chi connectivity index (χ1v) is 12.4. The highest BCUT2D eigenvalue weighted by Crippen LogP contribution is 2.28. The summed E-state index contributed by atoms with van der Waals surface area (Å²) >= 11 is 1.20. The van der Waals surface area contributed by atoms with Gasteiger partial charge in [0.15, 0.2) is 10.9 Å². The number of alkyl halides is 3. The number of amides is 2. The van der Waals surface area contributed by atoms with E-state index in [9.17, 15) is 22.8 Å². The van der Waals surface area contributed by atoms with Crippen LogP contribution in [-0.2, 0) is 9.53 Å². The lowest BCUT2D eigenvalue weighted by atomic mass is 10.0. The monoisotopic (exact) mass is 540 g/mol. The Morgan fingerprint density at radius 1 is 1.27 bits per heavy atom. The van der Waals surface area contributed by atoms with E-state index in [2.05, 4.69) is 35.9 Å². The number of likely N-dealkylation sites (N-methyl/N-ethyl adjacent to an activating group) is 1. The fraction of sp³-hybridized carbons (Fsp3) is 0.455. The maximum Gasteiger partial charge on any atom is 0.573 e. The molecule has 4 rings (SSSR count). The fourth-order valence-corrected chi connectivity index (χ4v) is 4.40. The molecule has 200 valence electrons. The van der Waals surface area contributed by atoms with E-state index in [4.69, 9.17) is 5.41 Å². The first-order chi connectivity index (χ1) is 17.6. The molecule has 5 N–H and O–H groups in total. The zero-order valence-corrected chi connectivity index (χ0v) is 20.8. The first-order valence-electron chi connectivity index (χ1n) is 11.5. The van der Waals surface area contributed by atoms with Crippen LogP contribution in [0.2, 0.25) is 0 Å². The molecule has 0 unspecified atom stereocenters. The van der Waals surface area contributed by atoms with Gasteiger partial charge in [-0.1, -0.05) is 0 Å². The van der Waals surface area contributed by atoms with Crippen molar-refractivity contribution in [2.24, 2.45) is 0 Å². The van der Waals surface area contributed by atoms with Crippen LogP contribution in [-0.4, -0.2) is 97.6 Å². The number of nitrogens with one attached hydrogen (secondary N) is 5. The Kier molecular flexibility index (Phi) is 8.14. The van der Waals surface area contributed by atoms with Gasteiger partial charge in [-0.2, -0.15) is 0 Å². The molecule has 2 fully saturated rings. The number of carbonyl (C=O) groups excluding carboxylic acids is 2. The molecule has 2 amide bonds. The number of piperazine rings is 1. The number of aromatic nitrogens is 1. The third kappa shape index (κ3) is 7.30. The summed E-state index contributed by atoms with van der Waals surface area (Å²) in [6, 6.07) is 0.201. The molecule has 1 aliphatic carbocycles. The van der Waals surface area contributed by atoms with Crippen molar-refractivity contribution in [2.75, 3.05) is 58.2 Å². The van der Waals surface area contributed by atoms with Crippen LogP contribution in [0.4, 0.5) is 18.3 Å². The van der Waals surface area contributed by atoms with Crippen molar-refractivity contribution in [2.45, 2.75) is 12.4 Å². The van der Waals surface area contributed by atoms with E-state index in [1.165, 1.54) is 29.0 Å². The molecule has 0 spiro atoms. The SMILES string of the molecule is CN1CCN(C(=O)CN/C=C2/C=C(NC(=O)c3csc(NC4CNC4)n3)C(OC(F)(F)F)=CC2=N)CC1. The largest absolute Gasteiger partial charge is 0.573 e. The molecule has 11 nitrogen and oxygen atoms in total. The van der Waals surface area contributed by atoms with Gasteiger partial charge >= 0.3 is 6.36 Å². The van der Waals surface area contributed by atoms with Crippen LogP contribution >= 0.6 is 11.3 Å². The van der Waals surface area contributed by atoms with E-state index >= 15 is 0 Å². The molecule has 0 radical (unpaired) electrons. The quantitative estimate of drug-likeness (QED) is 0.328. The minimum atomic E-state index is -5.03. The fourth-order valence-electron chi connectivity index (χ4n) is 3.63. The van der Waals surface area contributed by atoms with Crippen LogP contribution in [0.1, 0.15) is 10.5 Å². The number of thiazole rings is 1. The van der Waals surface area contributed by atoms with Gasteiger partial charge in [-0.3, -0.25) is 9.59 Å². The molecule has 2 aliphatic heterocycles. The summed E-state index contributed by atoms with van der Waals surface area (Å²) in [4.78, 5) is 33.2. The number of hydrogen-bond donors (Lipinski definition) is 5. The van der Waals surface area contributed by atoms with Gasteiger partial charge in [0, 0.05) is 62.5 Å². The maximum absolute atomic E-state index is 13.0. The smallest absolute Gasteiger partial charge is 0.403 e. The van der Waals surface area contributed by atoms with Gasteiger partial charge in [0.25, 0.3) is 5.91 Å². The highest BCUT2D eigenvalue weighted by molar-refractivity contribution is 7.13. The van der Waals surface area contributed by atoms with Gasteiger partial charge in [-0.05, 0) is 13.1 Å². The summed E-state index contributed by atoms with van der Waals surface area (Å²) in [5, 5.41) is 21.6. The topological polar surface area (TPSA) is 135 Å². The van der Waals surface area contributed by atoms with Crippen molar-refractivity contribution >= 4 is 34.0 Å². The summed E-state index contributed by atoms with van der Waals surface area (Å²) in [6.45, 7) is 4.24. The number of anilines is 1. The maximum atomic E-state index is 13.0. The van der Waals surface area contributed by atoms with Crippen molar-refractivity contribution in [1.29, 1.82) is 5.41 Å². The molecule has 0 aromatic carbocycles. The van der Waals surface area contributed by atoms with Gasteiger partial charge in [-0.15, -0.1) is 24.5 Å². The summed E-state index contributed by atoms with van der Waals surface area (Å²) in [5.41, 5.74) is -0.392. The van der Waals surface area contributed by atoms with E-state index in [1.54, 1.807) is 4.90 Å². The summed E-state index contributed by atoms with van der Waals surface area (Å²) in [5.74, 6) is -1.59. The van der Waals surface area contributed by atoms with E-state index in [0.29, 0.717) is 18.2 Å². The minimum absolute atomic E-state index is 0.0223. The van der Waals surface area contributed by atoms with E-state index in [0.717, 1.165) is 32.3 Å². The third-order valence-electron chi connectivity index (χ3n) is 5.84. The predicted octanol–water partition coefficient (Wildman–Crippen LogP) is 0.842. The number of rotatable bonds is 8. The molecule has 1 aromatic rings. The van der Waals surface area contributed by atoms with Crippen molar-refractivity contribution in [3.63, 3.8) is 0 Å². The standard InChI is InChI=1S/C22H27F3N8O3S/c1-32-2-4-33(5-3-32)19(34)11-27-8-13-6-16(18(7-15(13)26)36-22(23,24)25)30-20(35)17-12-37-21(31-17)29-14-9-28-10-14/h6-8,12,14,26-28H,2-5,9-11H2,1H3,(H,29,31)(H,30,35)/b13-8-,26-15?. The molecule has 3 heterocycles. The van der Waals surface area contributed by atoms with Crippen molar-refractivity contribution in [3.8, 4) is 0 Å². The Hall–Kier alpha value is -3.43. The summed E-state index contributed by atoms with van der Waals surface area (Å²) in [7, 11) is 1.98. The van der Waals surface area contributed by atoms with Gasteiger partial charge in [0.1, 0.15) is 5.69 Å². The van der Waals surface area contributed by atoms with Crippen molar-refractivity contribution < 1.29 is 27.5 Å². The molecule has 2 saturated heterocycles. The molecule has 15 heteroatoms.